The van der Waals surface area contributed by atoms with E-state index in [-0.39, 0.29) is 18.0 Å². The van der Waals surface area contributed by atoms with E-state index in [1.54, 1.807) is 31.3 Å². The van der Waals surface area contributed by atoms with Crippen LogP contribution < -0.4 is 11.2 Å². The van der Waals surface area contributed by atoms with Crippen LogP contribution in [0.4, 0.5) is 0 Å². The zero-order chi connectivity index (χ0) is 21.3. The topological polar surface area (TPSA) is 70.3 Å². The molecule has 0 aliphatic rings. The molecule has 0 amide bonds. The van der Waals surface area contributed by atoms with Gasteiger partial charge in [-0.2, -0.15) is 0 Å². The van der Waals surface area contributed by atoms with Gasteiger partial charge in [-0.15, -0.1) is 11.3 Å². The van der Waals surface area contributed by atoms with Crippen LogP contribution in [-0.2, 0) is 24.9 Å². The van der Waals surface area contributed by atoms with Gasteiger partial charge in [-0.05, 0) is 29.3 Å². The van der Waals surface area contributed by atoms with Crippen molar-refractivity contribution in [1.82, 2.24) is 9.13 Å². The van der Waals surface area contributed by atoms with E-state index in [0.29, 0.717) is 15.2 Å². The highest BCUT2D eigenvalue weighted by atomic mass is 35.5. The van der Waals surface area contributed by atoms with Gasteiger partial charge >= 0.3 is 11.7 Å². The number of hydrogen-bond acceptors (Lipinski definition) is 5. The fraction of sp³-hybridized carbons (Fsp3) is 0.136. The van der Waals surface area contributed by atoms with Crippen molar-refractivity contribution in [2.24, 2.45) is 7.05 Å². The normalized spacial score (nSPS) is 11.0. The van der Waals surface area contributed by atoms with Gasteiger partial charge in [0.1, 0.15) is 16.3 Å². The summed E-state index contributed by atoms with van der Waals surface area (Å²) in [6, 6.07) is 17.8. The van der Waals surface area contributed by atoms with Crippen molar-refractivity contribution >= 4 is 39.1 Å². The number of nitrogens with zero attached hydrogens (tertiary/aromatic N) is 2. The number of thiophene rings is 1. The van der Waals surface area contributed by atoms with Gasteiger partial charge in [-0.1, -0.05) is 54.1 Å². The number of carbonyl (C=O) groups excluding carboxylic acids is 1. The monoisotopic (exact) mass is 440 g/mol. The van der Waals surface area contributed by atoms with E-state index in [0.717, 1.165) is 22.5 Å². The van der Waals surface area contributed by atoms with Crippen molar-refractivity contribution in [3.63, 3.8) is 0 Å². The Morgan fingerprint density at radius 1 is 1.03 bits per heavy atom. The van der Waals surface area contributed by atoms with Crippen LogP contribution in [0.1, 0.15) is 20.8 Å². The molecule has 8 heteroatoms. The van der Waals surface area contributed by atoms with Crippen molar-refractivity contribution < 1.29 is 9.53 Å². The molecule has 0 aliphatic carbocycles. The van der Waals surface area contributed by atoms with Crippen LogP contribution in [0.3, 0.4) is 0 Å². The molecule has 2 heterocycles. The molecule has 4 rings (SSSR count). The minimum absolute atomic E-state index is 0.0603. The van der Waals surface area contributed by atoms with E-state index < -0.39 is 17.2 Å². The number of rotatable bonds is 5. The predicted molar refractivity (Wildman–Crippen MR) is 117 cm³/mol. The summed E-state index contributed by atoms with van der Waals surface area (Å²) < 4.78 is 7.91. The number of halogens is 1. The molecule has 0 radical (unpaired) electrons. The first-order chi connectivity index (χ1) is 14.4. The maximum atomic E-state index is 12.9. The third-order valence-electron chi connectivity index (χ3n) is 4.65. The Morgan fingerprint density at radius 2 is 1.77 bits per heavy atom. The molecule has 0 aliphatic heterocycles. The summed E-state index contributed by atoms with van der Waals surface area (Å²) in [6.45, 7) is 0.220. The Balaban J connectivity index is 1.66. The molecule has 0 fully saturated rings. The lowest BCUT2D eigenvalue weighted by atomic mass is 10.2. The van der Waals surface area contributed by atoms with Crippen LogP contribution in [0.25, 0.3) is 10.2 Å². The lowest BCUT2D eigenvalue weighted by molar-refractivity contribution is 0.0478. The highest BCUT2D eigenvalue weighted by Crippen LogP contribution is 2.23. The molecule has 0 spiro atoms. The fourth-order valence-electron chi connectivity index (χ4n) is 3.14. The fourth-order valence-corrected chi connectivity index (χ4v) is 4.35. The number of carbonyl (C=O) groups is 1. The van der Waals surface area contributed by atoms with Crippen LogP contribution in [0.15, 0.2) is 70.3 Å². The van der Waals surface area contributed by atoms with E-state index in [2.05, 4.69) is 0 Å². The number of aromatic nitrogens is 2. The standard InChI is InChI=1S/C22H17ClN2O4S/c1-24-20-17(19(26)25(22(24)28)12-14-6-3-2-4-7-14)11-18(30-20)21(27)29-13-15-8-5-9-16(23)10-15/h2-11H,12-13H2,1H3. The molecule has 2 aromatic heterocycles. The van der Waals surface area contributed by atoms with Gasteiger partial charge in [0, 0.05) is 12.1 Å². The van der Waals surface area contributed by atoms with Crippen molar-refractivity contribution in [2.45, 2.75) is 13.2 Å². The number of aryl methyl sites for hydroxylation is 1. The molecule has 0 saturated carbocycles. The molecule has 2 aromatic carbocycles. The van der Waals surface area contributed by atoms with Gasteiger partial charge in [0.15, 0.2) is 0 Å². The van der Waals surface area contributed by atoms with Gasteiger partial charge in [-0.25, -0.2) is 9.59 Å². The minimum Gasteiger partial charge on any atom is -0.457 e. The number of fused-ring (bicyclic) bond motifs is 1. The van der Waals surface area contributed by atoms with Crippen LogP contribution >= 0.6 is 22.9 Å². The average molecular weight is 441 g/mol. The Hall–Kier alpha value is -3.16. The van der Waals surface area contributed by atoms with Crippen LogP contribution in [0, 0.1) is 0 Å². The molecule has 0 bridgehead atoms. The average Bonchev–Trinajstić information content (AvgIpc) is 3.20. The van der Waals surface area contributed by atoms with E-state index in [1.807, 2.05) is 30.3 Å². The largest absolute Gasteiger partial charge is 0.457 e. The SMILES string of the molecule is Cn1c(=O)n(Cc2ccccc2)c(=O)c2cc(C(=O)OCc3cccc(Cl)c3)sc21. The van der Waals surface area contributed by atoms with Crippen LogP contribution in [0.5, 0.6) is 0 Å². The summed E-state index contributed by atoms with van der Waals surface area (Å²) in [5.74, 6) is -0.558. The van der Waals surface area contributed by atoms with Crippen LogP contribution in [0.2, 0.25) is 5.02 Å². The Morgan fingerprint density at radius 3 is 2.50 bits per heavy atom. The van der Waals surface area contributed by atoms with Gasteiger partial charge in [0.25, 0.3) is 5.56 Å². The summed E-state index contributed by atoms with van der Waals surface area (Å²) in [6.07, 6.45) is 0. The summed E-state index contributed by atoms with van der Waals surface area (Å²) in [5.41, 5.74) is 0.737. The van der Waals surface area contributed by atoms with E-state index >= 15 is 0 Å². The zero-order valence-corrected chi connectivity index (χ0v) is 17.6. The third-order valence-corrected chi connectivity index (χ3v) is 6.08. The number of esters is 1. The van der Waals surface area contributed by atoms with Gasteiger partial charge in [0.2, 0.25) is 0 Å². The molecule has 0 N–H and O–H groups in total. The van der Waals surface area contributed by atoms with Gasteiger partial charge in [0.05, 0.1) is 11.9 Å². The van der Waals surface area contributed by atoms with Crippen molar-refractivity contribution in [3.05, 3.63) is 103 Å². The molecule has 30 heavy (non-hydrogen) atoms. The quantitative estimate of drug-likeness (QED) is 0.442. The van der Waals surface area contributed by atoms with Gasteiger partial charge in [-0.3, -0.25) is 13.9 Å². The highest BCUT2D eigenvalue weighted by molar-refractivity contribution is 7.20. The lowest BCUT2D eigenvalue weighted by Crippen LogP contribution is -2.38. The molecule has 0 atom stereocenters. The molecular weight excluding hydrogens is 424 g/mol. The summed E-state index contributed by atoms with van der Waals surface area (Å²) in [7, 11) is 1.59. The maximum Gasteiger partial charge on any atom is 0.348 e. The van der Waals surface area contributed by atoms with Crippen molar-refractivity contribution in [2.75, 3.05) is 0 Å². The molecule has 0 saturated heterocycles. The Labute approximate surface area is 180 Å². The summed E-state index contributed by atoms with van der Waals surface area (Å²) >= 11 is 7.01. The highest BCUT2D eigenvalue weighted by Gasteiger charge is 2.19. The Kier molecular flexibility index (Phi) is 5.57. The van der Waals surface area contributed by atoms with E-state index in [1.165, 1.54) is 15.2 Å². The predicted octanol–water partition coefficient (Wildman–Crippen LogP) is 3.82. The third kappa shape index (κ3) is 3.94. The smallest absolute Gasteiger partial charge is 0.348 e. The second-order valence-electron chi connectivity index (χ2n) is 6.75. The van der Waals surface area contributed by atoms with Crippen molar-refractivity contribution in [1.29, 1.82) is 0 Å². The zero-order valence-electron chi connectivity index (χ0n) is 16.0. The number of hydrogen-bond donors (Lipinski definition) is 0. The van der Waals surface area contributed by atoms with E-state index in [4.69, 9.17) is 16.3 Å². The summed E-state index contributed by atoms with van der Waals surface area (Å²) in [4.78, 5) is 38.9. The maximum absolute atomic E-state index is 12.9. The van der Waals surface area contributed by atoms with Crippen LogP contribution in [-0.4, -0.2) is 15.1 Å². The second-order valence-corrected chi connectivity index (χ2v) is 8.22. The van der Waals surface area contributed by atoms with Gasteiger partial charge < -0.3 is 4.74 Å². The Bertz CT molecular complexity index is 1360. The molecule has 4 aromatic rings. The molecule has 152 valence electrons. The number of benzene rings is 2. The molecular formula is C22H17ClN2O4S. The number of ether oxygens (including phenoxy) is 1. The van der Waals surface area contributed by atoms with Crippen molar-refractivity contribution in [3.8, 4) is 0 Å². The lowest BCUT2D eigenvalue weighted by Gasteiger charge is -2.08. The summed E-state index contributed by atoms with van der Waals surface area (Å²) in [5, 5.41) is 0.868. The molecule has 6 nitrogen and oxygen atoms in total. The first kappa shape index (κ1) is 20.1. The molecule has 0 unspecified atom stereocenters. The first-order valence-corrected chi connectivity index (χ1v) is 10.3. The first-order valence-electron chi connectivity index (χ1n) is 9.13. The second kappa shape index (κ2) is 8.30. The minimum atomic E-state index is -0.558. The van der Waals surface area contributed by atoms with E-state index in [9.17, 15) is 14.4 Å².